The number of fused-ring (bicyclic) bond motifs is 2. The van der Waals surface area contributed by atoms with Crippen molar-refractivity contribution in [1.82, 2.24) is 30.8 Å². The Kier molecular flexibility index (Phi) is 5.55. The van der Waals surface area contributed by atoms with Crippen LogP contribution in [0.25, 0.3) is 11.2 Å². The summed E-state index contributed by atoms with van der Waals surface area (Å²) in [6, 6.07) is 6.62. The lowest BCUT2D eigenvalue weighted by Crippen LogP contribution is -2.34. The predicted octanol–water partition coefficient (Wildman–Crippen LogP) is 3.97. The molecular weight excluding hydrogens is 414 g/mol. The highest BCUT2D eigenvalue weighted by atomic mass is 16.1. The van der Waals surface area contributed by atoms with Crippen molar-refractivity contribution in [2.75, 3.05) is 5.32 Å². The number of aromatic nitrogens is 4. The first-order valence-corrected chi connectivity index (χ1v) is 12.3. The van der Waals surface area contributed by atoms with E-state index < -0.39 is 0 Å². The Hall–Kier alpha value is -2.84. The molecule has 0 aromatic carbocycles. The molecule has 4 unspecified atom stereocenters. The number of nitrogens with one attached hydrogen (secondary N) is 4. The van der Waals surface area contributed by atoms with E-state index in [4.69, 9.17) is 4.98 Å². The van der Waals surface area contributed by atoms with Crippen molar-refractivity contribution in [2.24, 2.45) is 11.8 Å². The highest BCUT2D eigenvalue weighted by Crippen LogP contribution is 2.44. The maximum atomic E-state index is 12.7. The fourth-order valence-corrected chi connectivity index (χ4v) is 6.00. The number of imidazole rings is 1. The predicted molar refractivity (Wildman–Crippen MR) is 126 cm³/mol. The first-order chi connectivity index (χ1) is 16.2. The van der Waals surface area contributed by atoms with Crippen LogP contribution in [0.4, 0.5) is 5.69 Å². The summed E-state index contributed by atoms with van der Waals surface area (Å²) in [5, 5.41) is 3.14. The van der Waals surface area contributed by atoms with Gasteiger partial charge in [-0.2, -0.15) is 0 Å². The van der Waals surface area contributed by atoms with E-state index in [0.29, 0.717) is 17.9 Å². The second-order valence-corrected chi connectivity index (χ2v) is 9.87. The minimum absolute atomic E-state index is 0.120. The number of H-pyrrole nitrogens is 1. The van der Waals surface area contributed by atoms with Gasteiger partial charge in [-0.05, 0) is 67.7 Å². The Morgan fingerprint density at radius 3 is 2.85 bits per heavy atom. The van der Waals surface area contributed by atoms with Crippen LogP contribution in [0.3, 0.4) is 0 Å². The Morgan fingerprint density at radius 1 is 1.06 bits per heavy atom. The molecule has 4 N–H and O–H groups in total. The van der Waals surface area contributed by atoms with Gasteiger partial charge in [-0.3, -0.25) is 15.2 Å². The summed E-state index contributed by atoms with van der Waals surface area (Å²) in [7, 11) is 0. The SMILES string of the molecule is O=C(Nc1cncc(C2CCC3NNC(c4nc5ncccc5[nH]4)C3C2)c1)C1CCCCC1. The fraction of sp³-hybridized carbons (Fsp3) is 0.520. The van der Waals surface area contributed by atoms with Crippen molar-refractivity contribution < 1.29 is 4.79 Å². The number of nitrogens with zero attached hydrogens (tertiary/aromatic N) is 3. The molecule has 0 radical (unpaired) electrons. The minimum atomic E-state index is 0.120. The van der Waals surface area contributed by atoms with Gasteiger partial charge < -0.3 is 10.3 Å². The molecule has 2 saturated carbocycles. The van der Waals surface area contributed by atoms with Crippen LogP contribution in [-0.4, -0.2) is 31.9 Å². The Bertz CT molecular complexity index is 1110. The molecule has 3 aromatic rings. The summed E-state index contributed by atoms with van der Waals surface area (Å²) in [5.74, 6) is 2.07. The molecular formula is C25H31N7O. The van der Waals surface area contributed by atoms with E-state index in [1.54, 1.807) is 12.4 Å². The van der Waals surface area contributed by atoms with Gasteiger partial charge >= 0.3 is 0 Å². The van der Waals surface area contributed by atoms with E-state index in [1.807, 2.05) is 18.3 Å². The Labute approximate surface area is 193 Å². The molecule has 4 heterocycles. The van der Waals surface area contributed by atoms with Crippen molar-refractivity contribution in [3.63, 3.8) is 0 Å². The van der Waals surface area contributed by atoms with Crippen LogP contribution in [0.1, 0.15) is 74.7 Å². The number of pyridine rings is 2. The van der Waals surface area contributed by atoms with Gasteiger partial charge in [-0.15, -0.1) is 0 Å². The van der Waals surface area contributed by atoms with Gasteiger partial charge in [-0.1, -0.05) is 19.3 Å². The number of hydrazine groups is 1. The largest absolute Gasteiger partial charge is 0.339 e. The van der Waals surface area contributed by atoms with E-state index in [0.717, 1.165) is 67.6 Å². The smallest absolute Gasteiger partial charge is 0.227 e. The zero-order valence-electron chi connectivity index (χ0n) is 18.8. The summed E-state index contributed by atoms with van der Waals surface area (Å²) >= 11 is 0. The van der Waals surface area contributed by atoms with E-state index in [2.05, 4.69) is 37.2 Å². The first-order valence-electron chi connectivity index (χ1n) is 12.3. The second kappa shape index (κ2) is 8.83. The van der Waals surface area contributed by atoms with Crippen molar-refractivity contribution in [3.05, 3.63) is 48.2 Å². The first kappa shape index (κ1) is 20.7. The van der Waals surface area contributed by atoms with Crippen LogP contribution in [0.2, 0.25) is 0 Å². The quantitative estimate of drug-likeness (QED) is 0.484. The molecule has 3 aliphatic rings. The molecule has 6 rings (SSSR count). The van der Waals surface area contributed by atoms with Crippen molar-refractivity contribution in [2.45, 2.75) is 69.4 Å². The number of amides is 1. The summed E-state index contributed by atoms with van der Waals surface area (Å²) in [6.07, 6.45) is 14.3. The van der Waals surface area contributed by atoms with E-state index in [1.165, 1.54) is 12.0 Å². The van der Waals surface area contributed by atoms with Crippen LogP contribution in [0, 0.1) is 11.8 Å². The maximum absolute atomic E-state index is 12.7. The third kappa shape index (κ3) is 4.13. The number of aromatic amines is 1. The van der Waals surface area contributed by atoms with Crippen LogP contribution in [0.15, 0.2) is 36.8 Å². The zero-order chi connectivity index (χ0) is 22.2. The van der Waals surface area contributed by atoms with Gasteiger partial charge in [0.2, 0.25) is 5.91 Å². The molecule has 0 bridgehead atoms. The zero-order valence-corrected chi connectivity index (χ0v) is 18.8. The molecule has 33 heavy (non-hydrogen) atoms. The third-order valence-electron chi connectivity index (χ3n) is 7.80. The maximum Gasteiger partial charge on any atom is 0.227 e. The van der Waals surface area contributed by atoms with Gasteiger partial charge in [0.25, 0.3) is 0 Å². The number of anilines is 1. The molecule has 4 atom stereocenters. The average molecular weight is 446 g/mol. The van der Waals surface area contributed by atoms with Gasteiger partial charge in [0.15, 0.2) is 5.65 Å². The van der Waals surface area contributed by atoms with Gasteiger partial charge in [0.05, 0.1) is 23.4 Å². The summed E-state index contributed by atoms with van der Waals surface area (Å²) < 4.78 is 0. The van der Waals surface area contributed by atoms with Crippen molar-refractivity contribution in [1.29, 1.82) is 0 Å². The molecule has 1 aliphatic heterocycles. The second-order valence-electron chi connectivity index (χ2n) is 9.87. The normalized spacial score (nSPS) is 28.0. The molecule has 3 fully saturated rings. The topological polar surface area (TPSA) is 108 Å². The molecule has 1 amide bonds. The van der Waals surface area contributed by atoms with E-state index in [-0.39, 0.29) is 17.9 Å². The molecule has 0 spiro atoms. The lowest BCUT2D eigenvalue weighted by atomic mass is 9.73. The number of carbonyl (C=O) groups excluding carboxylic acids is 1. The molecule has 2 aliphatic carbocycles. The molecule has 8 heteroatoms. The molecule has 172 valence electrons. The number of hydrogen-bond acceptors (Lipinski definition) is 6. The van der Waals surface area contributed by atoms with Gasteiger partial charge in [-0.25, -0.2) is 15.4 Å². The monoisotopic (exact) mass is 445 g/mol. The van der Waals surface area contributed by atoms with Crippen LogP contribution in [0.5, 0.6) is 0 Å². The van der Waals surface area contributed by atoms with Crippen LogP contribution >= 0.6 is 0 Å². The molecule has 1 saturated heterocycles. The van der Waals surface area contributed by atoms with Crippen LogP contribution in [-0.2, 0) is 4.79 Å². The summed E-state index contributed by atoms with van der Waals surface area (Å²) in [5.41, 5.74) is 10.7. The average Bonchev–Trinajstić information content (AvgIpc) is 3.48. The third-order valence-corrected chi connectivity index (χ3v) is 7.80. The number of rotatable bonds is 4. The molecule has 3 aromatic heterocycles. The fourth-order valence-electron chi connectivity index (χ4n) is 6.00. The van der Waals surface area contributed by atoms with Crippen molar-refractivity contribution >= 4 is 22.8 Å². The molecule has 8 nitrogen and oxygen atoms in total. The summed E-state index contributed by atoms with van der Waals surface area (Å²) in [4.78, 5) is 29.8. The minimum Gasteiger partial charge on any atom is -0.339 e. The highest BCUT2D eigenvalue weighted by molar-refractivity contribution is 5.92. The lowest BCUT2D eigenvalue weighted by Gasteiger charge is -2.33. The van der Waals surface area contributed by atoms with E-state index in [9.17, 15) is 4.79 Å². The van der Waals surface area contributed by atoms with Crippen molar-refractivity contribution in [3.8, 4) is 0 Å². The lowest BCUT2D eigenvalue weighted by molar-refractivity contribution is -0.120. The van der Waals surface area contributed by atoms with Gasteiger partial charge in [0.1, 0.15) is 5.82 Å². The summed E-state index contributed by atoms with van der Waals surface area (Å²) in [6.45, 7) is 0. The van der Waals surface area contributed by atoms with E-state index >= 15 is 0 Å². The van der Waals surface area contributed by atoms with Gasteiger partial charge in [0, 0.05) is 24.4 Å². The Morgan fingerprint density at radius 2 is 1.97 bits per heavy atom. The highest BCUT2D eigenvalue weighted by Gasteiger charge is 2.42. The van der Waals surface area contributed by atoms with Crippen LogP contribution < -0.4 is 16.2 Å². The standard InChI is InChI=1S/C25H31N7O/c33-25(15-5-2-1-3-6-15)28-18-11-17(13-26-14-18)16-8-9-20-19(12-16)22(32-31-20)24-29-21-7-4-10-27-23(21)30-24/h4,7,10-11,13-16,19-20,22,31-32H,1-3,5-6,8-9,12H2,(H,28,33)(H,27,29,30). The number of carbonyl (C=O) groups is 1. The number of hydrogen-bond donors (Lipinski definition) is 4. The Balaban J connectivity index is 1.17.